The number of hydrogen-bond donors (Lipinski definition) is 2. The van der Waals surface area contributed by atoms with Gasteiger partial charge in [-0.25, -0.2) is 4.79 Å². The largest absolute Gasteiger partial charge is 0.456 e. The quantitative estimate of drug-likeness (QED) is 0.316. The van der Waals surface area contributed by atoms with Crippen molar-refractivity contribution in [1.29, 1.82) is 0 Å². The van der Waals surface area contributed by atoms with Crippen LogP contribution in [0.5, 0.6) is 0 Å². The highest BCUT2D eigenvalue weighted by atomic mass is 35.6. The first-order valence-corrected chi connectivity index (χ1v) is 12.7. The molecular formula is C21H23Cl3N4O4S. The van der Waals surface area contributed by atoms with Gasteiger partial charge in [0, 0.05) is 24.5 Å². The Morgan fingerprint density at radius 2 is 1.85 bits per heavy atom. The number of β-lactam (4-membered cyclic amide) rings is 1. The number of anilines is 1. The minimum atomic E-state index is -1.76. The zero-order valence-electron chi connectivity index (χ0n) is 17.6. The number of rotatable bonds is 7. The molecule has 1 unspecified atom stereocenters. The van der Waals surface area contributed by atoms with Crippen LogP contribution in [0.25, 0.3) is 0 Å². The van der Waals surface area contributed by atoms with Gasteiger partial charge in [0.15, 0.2) is 5.70 Å². The van der Waals surface area contributed by atoms with Gasteiger partial charge in [-0.3, -0.25) is 14.5 Å². The highest BCUT2D eigenvalue weighted by molar-refractivity contribution is 8.00. The number of nitrogens with one attached hydrogen (secondary N) is 2. The summed E-state index contributed by atoms with van der Waals surface area (Å²) in [5, 5.41) is 5.38. The average Bonchev–Trinajstić information content (AvgIpc) is 3.33. The number of fused-ring (bicyclic) bond motifs is 1. The summed E-state index contributed by atoms with van der Waals surface area (Å²) in [6, 6.07) is 8.57. The van der Waals surface area contributed by atoms with E-state index < -0.39 is 27.8 Å². The predicted octanol–water partition coefficient (Wildman–Crippen LogP) is 2.72. The molecule has 0 radical (unpaired) electrons. The highest BCUT2D eigenvalue weighted by Crippen LogP contribution is 2.42. The summed E-state index contributed by atoms with van der Waals surface area (Å²) >= 11 is 18.7. The Morgan fingerprint density at radius 3 is 2.52 bits per heavy atom. The summed E-state index contributed by atoms with van der Waals surface area (Å²) in [6.45, 7) is 1.20. The van der Waals surface area contributed by atoms with Gasteiger partial charge < -0.3 is 20.3 Å². The first-order valence-electron chi connectivity index (χ1n) is 10.5. The van der Waals surface area contributed by atoms with Crippen molar-refractivity contribution in [3.05, 3.63) is 41.7 Å². The van der Waals surface area contributed by atoms with Crippen molar-refractivity contribution in [2.24, 2.45) is 0 Å². The minimum Gasteiger partial charge on any atom is -0.456 e. The Balaban J connectivity index is 1.45. The number of para-hydroxylation sites is 1. The summed E-state index contributed by atoms with van der Waals surface area (Å²) in [6.07, 6.45) is 2.02. The van der Waals surface area contributed by atoms with Crippen LogP contribution >= 0.6 is 46.6 Å². The molecule has 1 aromatic rings. The fourth-order valence-corrected chi connectivity index (χ4v) is 5.55. The first-order chi connectivity index (χ1) is 15.7. The Morgan fingerprint density at radius 1 is 1.15 bits per heavy atom. The third kappa shape index (κ3) is 5.65. The molecule has 0 aromatic heterocycles. The van der Waals surface area contributed by atoms with Crippen molar-refractivity contribution in [1.82, 2.24) is 15.1 Å². The van der Waals surface area contributed by atoms with Crippen LogP contribution in [0.4, 0.5) is 5.69 Å². The van der Waals surface area contributed by atoms with Gasteiger partial charge in [-0.2, -0.15) is 0 Å². The Hall–Kier alpha value is -1.81. The summed E-state index contributed by atoms with van der Waals surface area (Å²) in [7, 11) is 0. The maximum absolute atomic E-state index is 13.0. The van der Waals surface area contributed by atoms with Crippen LogP contribution in [0.3, 0.4) is 0 Å². The molecule has 2 fully saturated rings. The van der Waals surface area contributed by atoms with Crippen molar-refractivity contribution >= 4 is 70.0 Å². The lowest BCUT2D eigenvalue weighted by atomic mass is 10.0. The number of benzene rings is 1. The number of alkyl halides is 3. The molecule has 0 spiro atoms. The molecule has 2 atom stereocenters. The van der Waals surface area contributed by atoms with E-state index in [1.807, 2.05) is 30.3 Å². The fraction of sp³-hybridized carbons (Fsp3) is 0.476. The minimum absolute atomic E-state index is 0.0260. The maximum atomic E-state index is 13.0. The SMILES string of the molecule is O=C(CNc1ccccc1)NC1C(=O)N2C(C(=O)OCC(Cl)(Cl)Cl)=C(N3CCCC3)CS[C@@H]12. The Bertz CT molecular complexity index is 951. The zero-order valence-corrected chi connectivity index (χ0v) is 20.6. The van der Waals surface area contributed by atoms with Gasteiger partial charge in [-0.1, -0.05) is 53.0 Å². The number of amides is 2. The number of carbonyl (C=O) groups excluding carboxylic acids is 3. The molecule has 4 rings (SSSR count). The van der Waals surface area contributed by atoms with Crippen molar-refractivity contribution in [3.8, 4) is 0 Å². The molecule has 0 saturated carbocycles. The summed E-state index contributed by atoms with van der Waals surface area (Å²) in [5.41, 5.74) is 1.72. The standard InChI is InChI=1S/C21H23Cl3N4O4S/c22-21(23,24)12-32-20(31)17-14(27-8-4-5-9-27)11-33-19-16(18(30)28(17)19)26-15(29)10-25-13-6-2-1-3-7-13/h1-3,6-7,16,19,25H,4-5,8-12H2,(H,26,29)/t16?,19-/m0/s1. The predicted molar refractivity (Wildman–Crippen MR) is 129 cm³/mol. The monoisotopic (exact) mass is 532 g/mol. The number of esters is 1. The summed E-state index contributed by atoms with van der Waals surface area (Å²) in [5.74, 6) is -0.872. The van der Waals surface area contributed by atoms with E-state index in [0.717, 1.165) is 37.3 Å². The molecule has 178 valence electrons. The van der Waals surface area contributed by atoms with Gasteiger partial charge >= 0.3 is 5.97 Å². The summed E-state index contributed by atoms with van der Waals surface area (Å²) < 4.78 is 3.46. The number of thioether (sulfide) groups is 1. The van der Waals surface area contributed by atoms with E-state index in [-0.39, 0.29) is 24.1 Å². The van der Waals surface area contributed by atoms with E-state index in [1.165, 1.54) is 16.7 Å². The molecular weight excluding hydrogens is 511 g/mol. The van der Waals surface area contributed by atoms with Gasteiger partial charge in [0.1, 0.15) is 18.0 Å². The van der Waals surface area contributed by atoms with Gasteiger partial charge in [0.05, 0.1) is 12.2 Å². The topological polar surface area (TPSA) is 91.0 Å². The molecule has 8 nitrogen and oxygen atoms in total. The number of nitrogens with zero attached hydrogens (tertiary/aromatic N) is 2. The second-order valence-corrected chi connectivity index (χ2v) is 11.5. The van der Waals surface area contributed by atoms with Crippen LogP contribution in [-0.4, -0.2) is 74.8 Å². The van der Waals surface area contributed by atoms with E-state index in [4.69, 9.17) is 39.5 Å². The third-order valence-corrected chi connectivity index (χ3v) is 7.13. The van der Waals surface area contributed by atoms with Gasteiger partial charge in [0.2, 0.25) is 9.70 Å². The fourth-order valence-electron chi connectivity index (χ4n) is 4.00. The molecule has 1 aromatic carbocycles. The summed E-state index contributed by atoms with van der Waals surface area (Å²) in [4.78, 5) is 41.9. The highest BCUT2D eigenvalue weighted by Gasteiger charge is 2.55. The van der Waals surface area contributed by atoms with Crippen LogP contribution in [-0.2, 0) is 19.1 Å². The average molecular weight is 534 g/mol. The van der Waals surface area contributed by atoms with Gasteiger partial charge in [0.25, 0.3) is 5.91 Å². The van der Waals surface area contributed by atoms with E-state index in [2.05, 4.69) is 15.5 Å². The first kappa shape index (κ1) is 24.3. The van der Waals surface area contributed by atoms with E-state index in [9.17, 15) is 14.4 Å². The van der Waals surface area contributed by atoms with E-state index >= 15 is 0 Å². The van der Waals surface area contributed by atoms with Crippen molar-refractivity contribution in [2.45, 2.75) is 28.0 Å². The zero-order chi connectivity index (χ0) is 23.6. The van der Waals surface area contributed by atoms with Gasteiger partial charge in [-0.05, 0) is 25.0 Å². The maximum Gasteiger partial charge on any atom is 0.357 e. The van der Waals surface area contributed by atoms with E-state index in [1.54, 1.807) is 0 Å². The normalized spacial score (nSPS) is 22.6. The molecule has 33 heavy (non-hydrogen) atoms. The second-order valence-electron chi connectivity index (χ2n) is 7.86. The molecule has 2 saturated heterocycles. The van der Waals surface area contributed by atoms with Crippen LogP contribution in [0.15, 0.2) is 41.7 Å². The molecule has 3 aliphatic rings. The van der Waals surface area contributed by atoms with Crippen LogP contribution < -0.4 is 10.6 Å². The molecule has 3 heterocycles. The number of halogens is 3. The molecule has 0 aliphatic carbocycles. The van der Waals surface area contributed by atoms with Crippen molar-refractivity contribution in [2.75, 3.05) is 37.3 Å². The Labute approximate surface area is 210 Å². The van der Waals surface area contributed by atoms with Crippen LogP contribution in [0.1, 0.15) is 12.8 Å². The van der Waals surface area contributed by atoms with E-state index in [0.29, 0.717) is 5.75 Å². The smallest absolute Gasteiger partial charge is 0.357 e. The molecule has 12 heteroatoms. The Kier molecular flexibility index (Phi) is 7.53. The van der Waals surface area contributed by atoms with Gasteiger partial charge in [-0.15, -0.1) is 11.8 Å². The molecule has 2 N–H and O–H groups in total. The van der Waals surface area contributed by atoms with Crippen LogP contribution in [0, 0.1) is 0 Å². The van der Waals surface area contributed by atoms with Crippen LogP contribution in [0.2, 0.25) is 0 Å². The number of carbonyl (C=O) groups is 3. The molecule has 2 amide bonds. The van der Waals surface area contributed by atoms with Crippen molar-refractivity contribution < 1.29 is 19.1 Å². The third-order valence-electron chi connectivity index (χ3n) is 5.54. The molecule has 0 bridgehead atoms. The lowest BCUT2D eigenvalue weighted by molar-refractivity contribution is -0.153. The second kappa shape index (κ2) is 10.2. The number of likely N-dealkylation sites (tertiary alicyclic amines) is 1. The van der Waals surface area contributed by atoms with Crippen molar-refractivity contribution in [3.63, 3.8) is 0 Å². The lowest BCUT2D eigenvalue weighted by Crippen LogP contribution is -2.71. The molecule has 3 aliphatic heterocycles. The lowest BCUT2D eigenvalue weighted by Gasteiger charge is -2.50. The number of ether oxygens (including phenoxy) is 1. The number of hydrogen-bond acceptors (Lipinski definition) is 7.